The molecule has 0 N–H and O–H groups in total. The van der Waals surface area contributed by atoms with Gasteiger partial charge in [-0.25, -0.2) is 9.97 Å². The molecule has 150 valence electrons. The van der Waals surface area contributed by atoms with E-state index in [1.165, 1.54) is 0 Å². The summed E-state index contributed by atoms with van der Waals surface area (Å²) in [6.45, 7) is 1.22. The van der Waals surface area contributed by atoms with Gasteiger partial charge in [0.05, 0.1) is 16.8 Å². The molecule has 0 atom stereocenters. The van der Waals surface area contributed by atoms with Crippen molar-refractivity contribution in [2.45, 2.75) is 10.6 Å². The van der Waals surface area contributed by atoms with Crippen LogP contribution in [0.3, 0.4) is 0 Å². The monoisotopic (exact) mass is 416 g/mol. The van der Waals surface area contributed by atoms with Gasteiger partial charge in [0.2, 0.25) is 0 Å². The van der Waals surface area contributed by atoms with Gasteiger partial charge in [0.25, 0.3) is 5.91 Å². The van der Waals surface area contributed by atoms with Gasteiger partial charge in [-0.3, -0.25) is 9.69 Å². The lowest BCUT2D eigenvalue weighted by molar-refractivity contribution is 0.0958. The molecule has 3 heterocycles. The molecule has 1 aliphatic heterocycles. The number of para-hydroxylation sites is 2. The summed E-state index contributed by atoms with van der Waals surface area (Å²) >= 11 is 1.68. The zero-order valence-electron chi connectivity index (χ0n) is 16.5. The number of anilines is 2. The molecule has 7 heteroatoms. The molecule has 0 spiro atoms. The Hall–Kier alpha value is -3.32. The van der Waals surface area contributed by atoms with Crippen molar-refractivity contribution >= 4 is 40.3 Å². The molecule has 2 aromatic heterocycles. The molecule has 2 aromatic carbocycles. The average molecular weight is 417 g/mol. The number of benzene rings is 2. The topological polar surface area (TPSA) is 62.5 Å². The highest BCUT2D eigenvalue weighted by Crippen LogP contribution is 2.32. The molecule has 0 saturated heterocycles. The fourth-order valence-corrected chi connectivity index (χ4v) is 4.27. The van der Waals surface area contributed by atoms with E-state index in [2.05, 4.69) is 12.1 Å². The molecule has 0 bridgehead atoms. The third-order valence-electron chi connectivity index (χ3n) is 5.05. The van der Waals surface area contributed by atoms with Crippen molar-refractivity contribution in [3.05, 3.63) is 78.3 Å². The zero-order valence-corrected chi connectivity index (χ0v) is 17.3. The van der Waals surface area contributed by atoms with Crippen LogP contribution in [0.1, 0.15) is 16.3 Å². The summed E-state index contributed by atoms with van der Waals surface area (Å²) in [7, 11) is 1.97. The summed E-state index contributed by atoms with van der Waals surface area (Å²) < 4.78 is 5.88. The molecule has 4 aromatic rings. The predicted octanol–water partition coefficient (Wildman–Crippen LogP) is 4.61. The molecular weight excluding hydrogens is 396 g/mol. The SMILES string of the molecule is CN1CCN(C(=O)c2ccc(CSc3ccccc3)o2)c2nc3ccccc3nc21. The molecule has 0 unspecified atom stereocenters. The summed E-state index contributed by atoms with van der Waals surface area (Å²) in [6.07, 6.45) is 0. The summed E-state index contributed by atoms with van der Waals surface area (Å²) in [5.74, 6) is 2.85. The minimum Gasteiger partial charge on any atom is -0.455 e. The zero-order chi connectivity index (χ0) is 20.5. The minimum atomic E-state index is -0.190. The number of furan rings is 1. The third kappa shape index (κ3) is 3.52. The average Bonchev–Trinajstić information content (AvgIpc) is 3.26. The fraction of sp³-hybridized carbons (Fsp3) is 0.174. The number of carbonyl (C=O) groups is 1. The van der Waals surface area contributed by atoms with E-state index < -0.39 is 0 Å². The Kier molecular flexibility index (Phi) is 4.88. The Morgan fingerprint density at radius 1 is 0.933 bits per heavy atom. The van der Waals surface area contributed by atoms with Gasteiger partial charge in [-0.1, -0.05) is 30.3 Å². The highest BCUT2D eigenvalue weighted by atomic mass is 32.2. The number of hydrogen-bond acceptors (Lipinski definition) is 6. The van der Waals surface area contributed by atoms with Crippen LogP contribution >= 0.6 is 11.8 Å². The molecule has 30 heavy (non-hydrogen) atoms. The predicted molar refractivity (Wildman–Crippen MR) is 119 cm³/mol. The number of fused-ring (bicyclic) bond motifs is 2. The molecule has 1 amide bonds. The van der Waals surface area contributed by atoms with E-state index in [0.717, 1.165) is 21.7 Å². The number of likely N-dealkylation sites (N-methyl/N-ethyl adjacent to an activating group) is 1. The standard InChI is InChI=1S/C23H20N4O2S/c1-26-13-14-27(22-21(26)24-18-9-5-6-10-19(18)25-22)23(28)20-12-11-16(29-20)15-30-17-7-3-2-4-8-17/h2-12H,13-15H2,1H3. The van der Waals surface area contributed by atoms with Crippen LogP contribution in [0, 0.1) is 0 Å². The maximum absolute atomic E-state index is 13.2. The smallest absolute Gasteiger partial charge is 0.295 e. The number of nitrogens with zero attached hydrogens (tertiary/aromatic N) is 4. The number of amides is 1. The van der Waals surface area contributed by atoms with Crippen molar-refractivity contribution in [2.75, 3.05) is 29.9 Å². The quantitative estimate of drug-likeness (QED) is 0.453. The lowest BCUT2D eigenvalue weighted by Crippen LogP contribution is -2.43. The van der Waals surface area contributed by atoms with Gasteiger partial charge in [0.1, 0.15) is 5.76 Å². The maximum Gasteiger partial charge on any atom is 0.295 e. The first-order chi connectivity index (χ1) is 14.7. The van der Waals surface area contributed by atoms with E-state index in [9.17, 15) is 4.79 Å². The Labute approximate surface area is 178 Å². The molecule has 1 aliphatic rings. The number of rotatable bonds is 4. The van der Waals surface area contributed by atoms with Crippen molar-refractivity contribution in [3.63, 3.8) is 0 Å². The van der Waals surface area contributed by atoms with Gasteiger partial charge in [0, 0.05) is 25.0 Å². The lowest BCUT2D eigenvalue weighted by Gasteiger charge is -2.33. The van der Waals surface area contributed by atoms with Gasteiger partial charge < -0.3 is 9.32 Å². The van der Waals surface area contributed by atoms with Crippen LogP contribution in [-0.2, 0) is 5.75 Å². The fourth-order valence-electron chi connectivity index (χ4n) is 3.45. The van der Waals surface area contributed by atoms with E-state index in [1.807, 2.05) is 60.5 Å². The van der Waals surface area contributed by atoms with E-state index in [-0.39, 0.29) is 5.91 Å². The number of aromatic nitrogens is 2. The summed E-state index contributed by atoms with van der Waals surface area (Å²) in [5.41, 5.74) is 1.58. The first-order valence-electron chi connectivity index (χ1n) is 9.75. The number of thioether (sulfide) groups is 1. The Bertz CT molecular complexity index is 1210. The van der Waals surface area contributed by atoms with Crippen LogP contribution in [0.5, 0.6) is 0 Å². The maximum atomic E-state index is 13.2. The molecule has 5 rings (SSSR count). The molecule has 0 aliphatic carbocycles. The van der Waals surface area contributed by atoms with Crippen molar-refractivity contribution < 1.29 is 9.21 Å². The second-order valence-corrected chi connectivity index (χ2v) is 8.15. The molecule has 0 fully saturated rings. The van der Waals surface area contributed by atoms with Crippen molar-refractivity contribution in [1.82, 2.24) is 9.97 Å². The van der Waals surface area contributed by atoms with E-state index >= 15 is 0 Å². The van der Waals surface area contributed by atoms with Crippen LogP contribution in [0.2, 0.25) is 0 Å². The number of hydrogen-bond donors (Lipinski definition) is 0. The van der Waals surface area contributed by atoms with Crippen LogP contribution in [0.4, 0.5) is 11.6 Å². The summed E-state index contributed by atoms with van der Waals surface area (Å²) in [4.78, 5) is 27.6. The van der Waals surface area contributed by atoms with E-state index in [1.54, 1.807) is 22.7 Å². The normalized spacial score (nSPS) is 13.5. The van der Waals surface area contributed by atoms with Crippen molar-refractivity contribution in [3.8, 4) is 0 Å². The molecular formula is C23H20N4O2S. The van der Waals surface area contributed by atoms with Crippen LogP contribution in [0.15, 0.2) is 76.0 Å². The highest BCUT2D eigenvalue weighted by molar-refractivity contribution is 7.98. The second kappa shape index (κ2) is 7.84. The number of carbonyl (C=O) groups excluding carboxylic acids is 1. The summed E-state index contributed by atoms with van der Waals surface area (Å²) in [6, 6.07) is 21.4. The Morgan fingerprint density at radius 3 is 2.40 bits per heavy atom. The molecule has 0 saturated carbocycles. The van der Waals surface area contributed by atoms with E-state index in [0.29, 0.717) is 36.2 Å². The lowest BCUT2D eigenvalue weighted by atomic mass is 10.2. The van der Waals surface area contributed by atoms with Gasteiger partial charge >= 0.3 is 0 Å². The Morgan fingerprint density at radius 2 is 1.63 bits per heavy atom. The van der Waals surface area contributed by atoms with Gasteiger partial charge in [-0.2, -0.15) is 0 Å². The first-order valence-corrected chi connectivity index (χ1v) is 10.7. The van der Waals surface area contributed by atoms with Crippen molar-refractivity contribution in [1.29, 1.82) is 0 Å². The molecule has 0 radical (unpaired) electrons. The third-order valence-corrected chi connectivity index (χ3v) is 6.09. The van der Waals surface area contributed by atoms with Gasteiger partial charge in [-0.05, 0) is 36.4 Å². The molecule has 6 nitrogen and oxygen atoms in total. The van der Waals surface area contributed by atoms with E-state index in [4.69, 9.17) is 14.4 Å². The van der Waals surface area contributed by atoms with Crippen LogP contribution < -0.4 is 9.80 Å². The van der Waals surface area contributed by atoms with Gasteiger partial charge in [-0.15, -0.1) is 11.8 Å². The second-order valence-electron chi connectivity index (χ2n) is 7.11. The van der Waals surface area contributed by atoms with Gasteiger partial charge in [0.15, 0.2) is 17.4 Å². The Balaban J connectivity index is 1.40. The van der Waals surface area contributed by atoms with Crippen molar-refractivity contribution in [2.24, 2.45) is 0 Å². The minimum absolute atomic E-state index is 0.190. The van der Waals surface area contributed by atoms with Crippen LogP contribution in [-0.4, -0.2) is 36.0 Å². The summed E-state index contributed by atoms with van der Waals surface area (Å²) in [5, 5.41) is 0. The van der Waals surface area contributed by atoms with Crippen LogP contribution in [0.25, 0.3) is 11.0 Å². The largest absolute Gasteiger partial charge is 0.455 e. The highest BCUT2D eigenvalue weighted by Gasteiger charge is 2.30. The first kappa shape index (κ1) is 18.7.